The van der Waals surface area contributed by atoms with E-state index in [0.717, 1.165) is 28.6 Å². The minimum absolute atomic E-state index is 0.107. The fourth-order valence-corrected chi connectivity index (χ4v) is 6.25. The molecule has 192 valence electrons. The number of sulfonamides is 1. The normalized spacial score (nSPS) is 16.6. The van der Waals surface area contributed by atoms with Crippen LogP contribution in [0, 0.1) is 12.8 Å². The van der Waals surface area contributed by atoms with Crippen molar-refractivity contribution in [2.75, 3.05) is 38.6 Å². The zero-order valence-corrected chi connectivity index (χ0v) is 22.0. The van der Waals surface area contributed by atoms with Crippen LogP contribution in [0.3, 0.4) is 0 Å². The SMILES string of the molecule is COc1ccc(S(=O)(=O)N2CCC[C@H](C(=O)NCCCNc3ccnc4cc(Cl)ccc34)C2)cc1C. The van der Waals surface area contributed by atoms with Crippen LogP contribution >= 0.6 is 11.6 Å². The van der Waals surface area contributed by atoms with Crippen LogP contribution < -0.4 is 15.4 Å². The quantitative estimate of drug-likeness (QED) is 0.402. The van der Waals surface area contributed by atoms with E-state index in [1.807, 2.05) is 31.2 Å². The van der Waals surface area contributed by atoms with Crippen LogP contribution in [0.4, 0.5) is 5.69 Å². The van der Waals surface area contributed by atoms with Crippen LogP contribution in [0.5, 0.6) is 5.75 Å². The third-order valence-corrected chi connectivity index (χ3v) is 8.53. The van der Waals surface area contributed by atoms with Crippen molar-refractivity contribution in [2.45, 2.75) is 31.1 Å². The first-order valence-electron chi connectivity index (χ1n) is 12.0. The Labute approximate surface area is 217 Å². The third-order valence-electron chi connectivity index (χ3n) is 6.43. The number of halogens is 1. The van der Waals surface area contributed by atoms with Crippen molar-refractivity contribution >= 4 is 44.1 Å². The molecule has 3 aromatic rings. The predicted octanol–water partition coefficient (Wildman–Crippen LogP) is 4.22. The highest BCUT2D eigenvalue weighted by atomic mass is 35.5. The molecule has 0 unspecified atom stereocenters. The van der Waals surface area contributed by atoms with Crippen molar-refractivity contribution < 1.29 is 17.9 Å². The van der Waals surface area contributed by atoms with E-state index in [2.05, 4.69) is 15.6 Å². The number of piperidine rings is 1. The summed E-state index contributed by atoms with van der Waals surface area (Å²) in [6.45, 7) is 3.58. The maximum atomic E-state index is 13.2. The van der Waals surface area contributed by atoms with Gasteiger partial charge in [0.15, 0.2) is 0 Å². The van der Waals surface area contributed by atoms with Gasteiger partial charge in [0.2, 0.25) is 15.9 Å². The number of carbonyl (C=O) groups is 1. The second-order valence-corrected chi connectivity index (χ2v) is 11.3. The zero-order chi connectivity index (χ0) is 25.7. The predicted molar refractivity (Wildman–Crippen MR) is 142 cm³/mol. The summed E-state index contributed by atoms with van der Waals surface area (Å²) in [5.74, 6) is 0.167. The number of carbonyl (C=O) groups excluding carboxylic acids is 1. The van der Waals surface area contributed by atoms with E-state index in [1.165, 1.54) is 4.31 Å². The number of nitrogens with zero attached hydrogens (tertiary/aromatic N) is 2. The fraction of sp³-hybridized carbons (Fsp3) is 0.385. The van der Waals surface area contributed by atoms with Gasteiger partial charge in [-0.3, -0.25) is 9.78 Å². The summed E-state index contributed by atoms with van der Waals surface area (Å²) < 4.78 is 33.0. The Bertz CT molecular complexity index is 1350. The number of aryl methyl sites for hydroxylation is 1. The monoisotopic (exact) mass is 530 g/mol. The molecule has 1 saturated heterocycles. The van der Waals surface area contributed by atoms with Crippen molar-refractivity contribution in [3.63, 3.8) is 0 Å². The first kappa shape index (κ1) is 26.2. The Morgan fingerprint density at radius 3 is 2.81 bits per heavy atom. The van der Waals surface area contributed by atoms with E-state index < -0.39 is 10.0 Å². The van der Waals surface area contributed by atoms with E-state index in [4.69, 9.17) is 16.3 Å². The molecule has 1 aliphatic heterocycles. The second-order valence-electron chi connectivity index (χ2n) is 8.92. The molecular formula is C26H31ClN4O4S. The maximum absolute atomic E-state index is 13.2. The lowest BCUT2D eigenvalue weighted by atomic mass is 9.99. The Morgan fingerprint density at radius 1 is 1.19 bits per heavy atom. The number of fused-ring (bicyclic) bond motifs is 1. The van der Waals surface area contributed by atoms with Gasteiger partial charge in [-0.1, -0.05) is 11.6 Å². The number of amides is 1. The summed E-state index contributed by atoms with van der Waals surface area (Å²) in [5.41, 5.74) is 2.54. The number of hydrogen-bond donors (Lipinski definition) is 2. The molecule has 0 saturated carbocycles. The van der Waals surface area contributed by atoms with Gasteiger partial charge < -0.3 is 15.4 Å². The lowest BCUT2D eigenvalue weighted by Crippen LogP contribution is -2.45. The molecule has 36 heavy (non-hydrogen) atoms. The summed E-state index contributed by atoms with van der Waals surface area (Å²) in [6, 6.07) is 12.3. The Balaban J connectivity index is 1.28. The average molecular weight is 531 g/mol. The molecule has 0 bridgehead atoms. The largest absolute Gasteiger partial charge is 0.496 e. The number of pyridine rings is 1. The summed E-state index contributed by atoms with van der Waals surface area (Å²) in [5, 5.41) is 7.99. The number of ether oxygens (including phenoxy) is 1. The molecular weight excluding hydrogens is 500 g/mol. The highest BCUT2D eigenvalue weighted by Gasteiger charge is 2.33. The first-order chi connectivity index (χ1) is 17.3. The summed E-state index contributed by atoms with van der Waals surface area (Å²) >= 11 is 6.05. The van der Waals surface area contributed by atoms with Gasteiger partial charge in [0.1, 0.15) is 5.75 Å². The molecule has 8 nitrogen and oxygen atoms in total. The van der Waals surface area contributed by atoms with Crippen molar-refractivity contribution in [2.24, 2.45) is 5.92 Å². The van der Waals surface area contributed by atoms with Crippen molar-refractivity contribution in [1.29, 1.82) is 0 Å². The van der Waals surface area contributed by atoms with E-state index in [-0.39, 0.29) is 23.3 Å². The van der Waals surface area contributed by atoms with Gasteiger partial charge in [-0.25, -0.2) is 8.42 Å². The lowest BCUT2D eigenvalue weighted by molar-refractivity contribution is -0.126. The van der Waals surface area contributed by atoms with Gasteiger partial charge >= 0.3 is 0 Å². The van der Waals surface area contributed by atoms with Crippen LogP contribution in [-0.4, -0.2) is 56.9 Å². The Kier molecular flexibility index (Phi) is 8.33. The molecule has 0 spiro atoms. The molecule has 10 heteroatoms. The maximum Gasteiger partial charge on any atom is 0.243 e. The van der Waals surface area contributed by atoms with Gasteiger partial charge in [-0.2, -0.15) is 4.31 Å². The fourth-order valence-electron chi connectivity index (χ4n) is 4.48. The van der Waals surface area contributed by atoms with Crippen LogP contribution in [0.2, 0.25) is 5.02 Å². The number of aromatic nitrogens is 1. The number of rotatable bonds is 9. The second kappa shape index (κ2) is 11.5. The van der Waals surface area contributed by atoms with Crippen molar-refractivity contribution in [1.82, 2.24) is 14.6 Å². The van der Waals surface area contributed by atoms with Crippen molar-refractivity contribution in [3.8, 4) is 5.75 Å². The van der Waals surface area contributed by atoms with E-state index >= 15 is 0 Å². The smallest absolute Gasteiger partial charge is 0.243 e. The molecule has 1 fully saturated rings. The Hall–Kier alpha value is -2.88. The highest BCUT2D eigenvalue weighted by Crippen LogP contribution is 2.27. The average Bonchev–Trinajstić information content (AvgIpc) is 2.88. The van der Waals surface area contributed by atoms with Crippen LogP contribution in [0.25, 0.3) is 10.9 Å². The molecule has 2 heterocycles. The molecule has 1 aromatic heterocycles. The summed E-state index contributed by atoms with van der Waals surface area (Å²) in [7, 11) is -2.13. The van der Waals surface area contributed by atoms with E-state index in [9.17, 15) is 13.2 Å². The van der Waals surface area contributed by atoms with Crippen molar-refractivity contribution in [3.05, 3.63) is 59.2 Å². The molecule has 1 aliphatic rings. The molecule has 1 atom stereocenters. The molecule has 2 aromatic carbocycles. The number of benzene rings is 2. The van der Waals surface area contributed by atoms with Crippen LogP contribution in [0.1, 0.15) is 24.8 Å². The van der Waals surface area contributed by atoms with Gasteiger partial charge in [0, 0.05) is 48.5 Å². The van der Waals surface area contributed by atoms with Gasteiger partial charge in [0.05, 0.1) is 23.4 Å². The zero-order valence-electron chi connectivity index (χ0n) is 20.5. The number of hydrogen-bond acceptors (Lipinski definition) is 6. The van der Waals surface area contributed by atoms with Crippen LogP contribution in [-0.2, 0) is 14.8 Å². The summed E-state index contributed by atoms with van der Waals surface area (Å²) in [4.78, 5) is 17.4. The highest BCUT2D eigenvalue weighted by molar-refractivity contribution is 7.89. The molecule has 1 amide bonds. The Morgan fingerprint density at radius 2 is 2.03 bits per heavy atom. The van der Waals surface area contributed by atoms with Crippen LogP contribution in [0.15, 0.2) is 53.6 Å². The molecule has 0 radical (unpaired) electrons. The standard InChI is InChI=1S/C26H31ClN4O4S/c1-18-15-21(7-9-25(18)35-2)36(33,34)31-14-3-5-19(17-31)26(32)30-12-4-11-28-23-10-13-29-24-16-20(27)6-8-22(23)24/h6-10,13,15-16,19H,3-5,11-12,14,17H2,1-2H3,(H,28,29)(H,30,32)/t19-/m0/s1. The van der Waals surface area contributed by atoms with Gasteiger partial charge in [-0.15, -0.1) is 0 Å². The number of anilines is 1. The first-order valence-corrected chi connectivity index (χ1v) is 13.8. The third kappa shape index (κ3) is 5.91. The topological polar surface area (TPSA) is 101 Å². The summed E-state index contributed by atoms with van der Waals surface area (Å²) in [6.07, 6.45) is 3.78. The minimum atomic E-state index is -3.68. The van der Waals surface area contributed by atoms with E-state index in [1.54, 1.807) is 31.5 Å². The molecule has 0 aliphatic carbocycles. The minimum Gasteiger partial charge on any atom is -0.496 e. The molecule has 4 rings (SSSR count). The molecule has 2 N–H and O–H groups in total. The number of nitrogens with one attached hydrogen (secondary N) is 2. The van der Waals surface area contributed by atoms with Gasteiger partial charge in [0.25, 0.3) is 0 Å². The lowest BCUT2D eigenvalue weighted by Gasteiger charge is -2.31. The number of methoxy groups -OCH3 is 1. The van der Waals surface area contributed by atoms with E-state index in [0.29, 0.717) is 43.2 Å². The van der Waals surface area contributed by atoms with Gasteiger partial charge in [-0.05, 0) is 74.2 Å².